The van der Waals surface area contributed by atoms with Gasteiger partial charge in [0, 0.05) is 5.56 Å². The predicted octanol–water partition coefficient (Wildman–Crippen LogP) is 3.10. The lowest BCUT2D eigenvalue weighted by molar-refractivity contribution is -0.123. The van der Waals surface area contributed by atoms with Crippen LogP contribution in [0.2, 0.25) is 0 Å². The van der Waals surface area contributed by atoms with Crippen LogP contribution in [0.25, 0.3) is 10.8 Å². The summed E-state index contributed by atoms with van der Waals surface area (Å²) < 4.78 is 10.9. The van der Waals surface area contributed by atoms with Gasteiger partial charge in [-0.25, -0.2) is 4.79 Å². The quantitative estimate of drug-likeness (QED) is 0.272. The van der Waals surface area contributed by atoms with Crippen LogP contribution in [0.5, 0.6) is 5.75 Å². The zero-order chi connectivity index (χ0) is 23.1. The van der Waals surface area contributed by atoms with Crippen molar-refractivity contribution in [2.75, 3.05) is 13.7 Å². The molecule has 164 valence electrons. The van der Waals surface area contributed by atoms with Crippen molar-refractivity contribution in [3.63, 3.8) is 0 Å². The number of halogens is 1. The number of nitrogens with one attached hydrogen (secondary N) is 3. The van der Waals surface area contributed by atoms with Crippen molar-refractivity contribution in [2.24, 2.45) is 0 Å². The molecule has 0 radical (unpaired) electrons. The van der Waals surface area contributed by atoms with Crippen LogP contribution < -0.4 is 20.9 Å². The van der Waals surface area contributed by atoms with Crippen LogP contribution in [-0.4, -0.2) is 36.6 Å². The second kappa shape index (κ2) is 10.7. The lowest BCUT2D eigenvalue weighted by Crippen LogP contribution is -2.49. The second-order valence-electron chi connectivity index (χ2n) is 6.41. The first-order valence-corrected chi connectivity index (χ1v) is 10.5. The molecule has 32 heavy (non-hydrogen) atoms. The fraction of sp³-hybridized carbons (Fsp3) is 0.0909. The fourth-order valence-electron chi connectivity index (χ4n) is 2.71. The van der Waals surface area contributed by atoms with Crippen molar-refractivity contribution in [3.05, 3.63) is 76.3 Å². The van der Waals surface area contributed by atoms with Gasteiger partial charge in [0.05, 0.1) is 17.1 Å². The lowest BCUT2D eigenvalue weighted by Gasteiger charge is -2.13. The maximum Gasteiger partial charge on any atom is 0.337 e. The highest BCUT2D eigenvalue weighted by Gasteiger charge is 2.12. The van der Waals surface area contributed by atoms with Gasteiger partial charge >= 0.3 is 5.97 Å². The molecule has 3 rings (SSSR count). The normalized spacial score (nSPS) is 10.2. The molecule has 0 aliphatic carbocycles. The molecule has 3 aromatic carbocycles. The van der Waals surface area contributed by atoms with Crippen LogP contribution in [0.1, 0.15) is 20.7 Å². The van der Waals surface area contributed by atoms with Crippen LogP contribution in [0, 0.1) is 0 Å². The number of ether oxygens (including phenoxy) is 2. The first-order chi connectivity index (χ1) is 15.4. The van der Waals surface area contributed by atoms with Crippen LogP contribution >= 0.6 is 28.1 Å². The zero-order valence-electron chi connectivity index (χ0n) is 16.8. The highest BCUT2D eigenvalue weighted by molar-refractivity contribution is 9.10. The monoisotopic (exact) mass is 515 g/mol. The molecule has 8 nitrogen and oxygen atoms in total. The average Bonchev–Trinajstić information content (AvgIpc) is 2.82. The topological polar surface area (TPSA) is 106 Å². The summed E-state index contributed by atoms with van der Waals surface area (Å²) in [5, 5.41) is 4.32. The average molecular weight is 516 g/mol. The molecule has 0 saturated carbocycles. The van der Waals surface area contributed by atoms with Gasteiger partial charge in [0.1, 0.15) is 5.75 Å². The fourth-order valence-corrected chi connectivity index (χ4v) is 3.46. The summed E-state index contributed by atoms with van der Waals surface area (Å²) in [6.07, 6.45) is 0. The first kappa shape index (κ1) is 23.2. The Labute approximate surface area is 197 Å². The molecule has 2 amide bonds. The van der Waals surface area contributed by atoms with Crippen LogP contribution in [0.15, 0.2) is 65.1 Å². The standard InChI is InChI=1S/C22H18BrN3O5S/c1-30-21(29)15-8-6-14(7-9-15)20(28)24-22(32)26-25-18(27)12-31-17-11-10-13-4-2-3-5-16(13)19(17)23/h2-11H,12H2,1H3,(H,25,27)(H2,24,26,28,32). The Morgan fingerprint density at radius 2 is 1.62 bits per heavy atom. The smallest absolute Gasteiger partial charge is 0.337 e. The Morgan fingerprint density at radius 3 is 2.34 bits per heavy atom. The number of carbonyl (C=O) groups excluding carboxylic acids is 3. The summed E-state index contributed by atoms with van der Waals surface area (Å²) in [5.74, 6) is -0.992. The number of fused-ring (bicyclic) bond motifs is 1. The summed E-state index contributed by atoms with van der Waals surface area (Å²) in [7, 11) is 1.27. The molecule has 3 N–H and O–H groups in total. The van der Waals surface area contributed by atoms with Crippen molar-refractivity contribution in [1.29, 1.82) is 0 Å². The molecule has 0 atom stereocenters. The van der Waals surface area contributed by atoms with Gasteiger partial charge in [-0.3, -0.25) is 25.8 Å². The maximum atomic E-state index is 12.2. The van der Waals surface area contributed by atoms with Gasteiger partial charge in [0.15, 0.2) is 11.7 Å². The molecule has 0 fully saturated rings. The van der Waals surface area contributed by atoms with Crippen LogP contribution in [0.4, 0.5) is 0 Å². The van der Waals surface area contributed by atoms with E-state index in [1.807, 2.05) is 30.3 Å². The molecule has 3 aromatic rings. The third kappa shape index (κ3) is 5.80. The van der Waals surface area contributed by atoms with Gasteiger partial charge in [-0.2, -0.15) is 0 Å². The number of hydrogen-bond acceptors (Lipinski definition) is 6. The van der Waals surface area contributed by atoms with Crippen molar-refractivity contribution < 1.29 is 23.9 Å². The highest BCUT2D eigenvalue weighted by atomic mass is 79.9. The first-order valence-electron chi connectivity index (χ1n) is 9.27. The maximum absolute atomic E-state index is 12.2. The minimum Gasteiger partial charge on any atom is -0.483 e. The largest absolute Gasteiger partial charge is 0.483 e. The van der Waals surface area contributed by atoms with Crippen molar-refractivity contribution in [3.8, 4) is 5.75 Å². The number of esters is 1. The molecular weight excluding hydrogens is 498 g/mol. The number of thiocarbonyl (C=S) groups is 1. The summed E-state index contributed by atoms with van der Waals surface area (Å²) >= 11 is 8.50. The van der Waals surface area contributed by atoms with Gasteiger partial charge in [0.2, 0.25) is 0 Å². The van der Waals surface area contributed by atoms with Gasteiger partial charge in [-0.1, -0.05) is 30.3 Å². The number of hydrazine groups is 1. The summed E-state index contributed by atoms with van der Waals surface area (Å²) in [6.45, 7) is -0.268. The zero-order valence-corrected chi connectivity index (χ0v) is 19.2. The number of benzene rings is 3. The minimum atomic E-state index is -0.510. The van der Waals surface area contributed by atoms with E-state index in [0.717, 1.165) is 15.2 Å². The van der Waals surface area contributed by atoms with E-state index in [4.69, 9.17) is 17.0 Å². The molecule has 0 heterocycles. The third-order valence-corrected chi connectivity index (χ3v) is 5.32. The van der Waals surface area contributed by atoms with E-state index in [1.165, 1.54) is 31.4 Å². The molecule has 0 unspecified atom stereocenters. The second-order valence-corrected chi connectivity index (χ2v) is 7.61. The van der Waals surface area contributed by atoms with Crippen LogP contribution in [-0.2, 0) is 9.53 Å². The van der Waals surface area contributed by atoms with Crippen molar-refractivity contribution >= 4 is 61.8 Å². The molecule has 0 aromatic heterocycles. The summed E-state index contributed by atoms with van der Waals surface area (Å²) in [4.78, 5) is 35.7. The number of hydrogen-bond donors (Lipinski definition) is 3. The minimum absolute atomic E-state index is 0.104. The van der Waals surface area contributed by atoms with E-state index < -0.39 is 17.8 Å². The SMILES string of the molecule is COC(=O)c1ccc(C(=O)NC(=S)NNC(=O)COc2ccc3ccccc3c2Br)cc1. The number of rotatable bonds is 5. The molecule has 0 bridgehead atoms. The van der Waals surface area contributed by atoms with Gasteiger partial charge < -0.3 is 9.47 Å². The van der Waals surface area contributed by atoms with E-state index in [-0.39, 0.29) is 17.3 Å². The molecule has 10 heteroatoms. The predicted molar refractivity (Wildman–Crippen MR) is 126 cm³/mol. The number of amides is 2. The van der Waals surface area contributed by atoms with E-state index in [2.05, 4.69) is 36.8 Å². The molecule has 0 spiro atoms. The van der Waals surface area contributed by atoms with Crippen LogP contribution in [0.3, 0.4) is 0 Å². The Balaban J connectivity index is 1.46. The van der Waals surface area contributed by atoms with Crippen molar-refractivity contribution in [2.45, 2.75) is 0 Å². The van der Waals surface area contributed by atoms with E-state index >= 15 is 0 Å². The Hall–Kier alpha value is -3.50. The van der Waals surface area contributed by atoms with Crippen molar-refractivity contribution in [1.82, 2.24) is 16.2 Å². The molecule has 0 aliphatic rings. The molecule has 0 aliphatic heterocycles. The third-order valence-electron chi connectivity index (χ3n) is 4.30. The van der Waals surface area contributed by atoms with Gasteiger partial charge in [0.25, 0.3) is 11.8 Å². The lowest BCUT2D eigenvalue weighted by atomic mass is 10.1. The summed E-state index contributed by atoms with van der Waals surface area (Å²) in [5.41, 5.74) is 5.38. The Bertz CT molecular complexity index is 1180. The Morgan fingerprint density at radius 1 is 0.938 bits per heavy atom. The summed E-state index contributed by atoms with van der Waals surface area (Å²) in [6, 6.07) is 17.3. The van der Waals surface area contributed by atoms with E-state index in [9.17, 15) is 14.4 Å². The van der Waals surface area contributed by atoms with Gasteiger partial charge in [-0.15, -0.1) is 0 Å². The van der Waals surface area contributed by atoms with E-state index in [0.29, 0.717) is 11.3 Å². The number of methoxy groups -OCH3 is 1. The van der Waals surface area contributed by atoms with Gasteiger partial charge in [-0.05, 0) is 69.3 Å². The highest BCUT2D eigenvalue weighted by Crippen LogP contribution is 2.32. The van der Waals surface area contributed by atoms with E-state index in [1.54, 1.807) is 6.07 Å². The Kier molecular flexibility index (Phi) is 7.74. The number of carbonyl (C=O) groups is 3. The molecular formula is C22H18BrN3O5S. The molecule has 0 saturated heterocycles.